The molecule has 1 rings (SSSR count). The summed E-state index contributed by atoms with van der Waals surface area (Å²) in [5.41, 5.74) is 0. The largest absolute Gasteiger partial charge is 0.487 e. The zero-order chi connectivity index (χ0) is 16.0. The maximum atomic E-state index is 11.8. The van der Waals surface area contributed by atoms with Gasteiger partial charge < -0.3 is 14.2 Å². The molecule has 0 aromatic carbocycles. The summed E-state index contributed by atoms with van der Waals surface area (Å²) in [6.07, 6.45) is 0. The van der Waals surface area contributed by atoms with Gasteiger partial charge in [-0.05, 0) is 12.1 Å². The van der Waals surface area contributed by atoms with E-state index in [1.54, 1.807) is 12.1 Å². The van der Waals surface area contributed by atoms with Crippen LogP contribution in [0.25, 0.3) is 0 Å². The van der Waals surface area contributed by atoms with Crippen LogP contribution >= 0.6 is 11.3 Å². The van der Waals surface area contributed by atoms with Crippen molar-refractivity contribution in [3.05, 3.63) is 27.1 Å². The molecule has 8 nitrogen and oxygen atoms in total. The van der Waals surface area contributed by atoms with Crippen LogP contribution in [-0.2, 0) is 19.1 Å². The van der Waals surface area contributed by atoms with Gasteiger partial charge in [-0.3, -0.25) is 19.7 Å². The van der Waals surface area contributed by atoms with Crippen LogP contribution in [0.15, 0.2) is 12.1 Å². The number of nitro groups is 1. The summed E-state index contributed by atoms with van der Waals surface area (Å²) < 4.78 is 14.1. The number of rotatable bonds is 7. The average molecular weight is 317 g/mol. The summed E-state index contributed by atoms with van der Waals surface area (Å²) in [5.74, 6) is -4.12. The van der Waals surface area contributed by atoms with E-state index in [1.807, 2.05) is 0 Å². The molecule has 0 unspecified atom stereocenters. The van der Waals surface area contributed by atoms with E-state index in [1.165, 1.54) is 7.11 Å². The fraction of sp³-hybridized carbons (Fsp3) is 0.500. The van der Waals surface area contributed by atoms with E-state index >= 15 is 0 Å². The van der Waals surface area contributed by atoms with E-state index in [-0.39, 0.29) is 0 Å². The molecule has 0 aliphatic heterocycles. The molecule has 116 valence electrons. The molecule has 1 aromatic heterocycles. The van der Waals surface area contributed by atoms with Crippen LogP contribution in [-0.4, -0.2) is 44.7 Å². The summed E-state index contributed by atoms with van der Waals surface area (Å²) in [7, 11) is 3.67. The van der Waals surface area contributed by atoms with Gasteiger partial charge in [-0.1, -0.05) is 0 Å². The van der Waals surface area contributed by atoms with E-state index in [4.69, 9.17) is 4.74 Å². The van der Waals surface area contributed by atoms with E-state index in [0.29, 0.717) is 9.94 Å². The Balaban J connectivity index is 3.21. The van der Waals surface area contributed by atoms with Crippen molar-refractivity contribution in [1.82, 2.24) is 0 Å². The van der Waals surface area contributed by atoms with Crippen LogP contribution in [0.5, 0.6) is 5.06 Å². The number of nitrogens with zero attached hydrogens (tertiary/aromatic N) is 1. The Bertz CT molecular complexity index is 511. The Labute approximate surface area is 124 Å². The van der Waals surface area contributed by atoms with Crippen molar-refractivity contribution in [2.24, 2.45) is 5.92 Å². The van der Waals surface area contributed by atoms with Crippen molar-refractivity contribution in [2.75, 3.05) is 27.9 Å². The normalized spacial score (nSPS) is 11.8. The van der Waals surface area contributed by atoms with E-state index < -0.39 is 35.2 Å². The lowest BCUT2D eigenvalue weighted by atomic mass is 9.91. The minimum Gasteiger partial charge on any atom is -0.487 e. The summed E-state index contributed by atoms with van der Waals surface area (Å²) in [6, 6.07) is 3.19. The summed E-state index contributed by atoms with van der Waals surface area (Å²) in [4.78, 5) is 34.4. The number of carbonyl (C=O) groups excluding carboxylic acids is 2. The molecule has 1 atom stereocenters. The van der Waals surface area contributed by atoms with Gasteiger partial charge in [-0.15, -0.1) is 11.3 Å². The van der Waals surface area contributed by atoms with E-state index in [2.05, 4.69) is 9.47 Å². The summed E-state index contributed by atoms with van der Waals surface area (Å²) >= 11 is 1.12. The predicted octanol–water partition coefficient (Wildman–Crippen LogP) is 1.08. The highest BCUT2D eigenvalue weighted by molar-refractivity contribution is 7.13. The molecular weight excluding hydrogens is 302 g/mol. The number of methoxy groups -OCH3 is 3. The van der Waals surface area contributed by atoms with Crippen molar-refractivity contribution in [1.29, 1.82) is 0 Å². The summed E-state index contributed by atoms with van der Waals surface area (Å²) in [5, 5.41) is 11.4. The number of ether oxygens (including phenoxy) is 3. The average Bonchev–Trinajstić information content (AvgIpc) is 2.94. The van der Waals surface area contributed by atoms with Crippen molar-refractivity contribution >= 4 is 23.3 Å². The fourth-order valence-electron chi connectivity index (χ4n) is 1.84. The van der Waals surface area contributed by atoms with Gasteiger partial charge in [0.1, 0.15) is 0 Å². The van der Waals surface area contributed by atoms with Crippen LogP contribution in [0, 0.1) is 16.0 Å². The Morgan fingerprint density at radius 2 is 1.81 bits per heavy atom. The molecule has 0 spiro atoms. The highest BCUT2D eigenvalue weighted by Crippen LogP contribution is 2.35. The predicted molar refractivity (Wildman–Crippen MR) is 73.0 cm³/mol. The second-order valence-electron chi connectivity index (χ2n) is 4.01. The molecule has 0 bridgehead atoms. The van der Waals surface area contributed by atoms with Gasteiger partial charge >= 0.3 is 11.9 Å². The third-order valence-electron chi connectivity index (χ3n) is 2.83. The molecule has 0 amide bonds. The molecular formula is C12H15NO7S. The van der Waals surface area contributed by atoms with Crippen molar-refractivity contribution in [3.63, 3.8) is 0 Å². The molecule has 0 N–H and O–H groups in total. The fourth-order valence-corrected chi connectivity index (χ4v) is 2.79. The standard InChI is InChI=1S/C12H15NO7S/c1-18-9-5-4-8(21-9)7(6-13(16)17)10(11(14)19-2)12(15)20-3/h4-5,7,10H,6H2,1-3H3/t7-/m1/s1. The third kappa shape index (κ3) is 4.15. The number of esters is 2. The highest BCUT2D eigenvalue weighted by Gasteiger charge is 2.41. The van der Waals surface area contributed by atoms with Gasteiger partial charge in [-0.2, -0.15) is 0 Å². The minimum atomic E-state index is -1.39. The first-order chi connectivity index (χ1) is 9.94. The number of hydrogen-bond acceptors (Lipinski definition) is 8. The third-order valence-corrected chi connectivity index (χ3v) is 4.01. The molecule has 21 heavy (non-hydrogen) atoms. The second-order valence-corrected chi connectivity index (χ2v) is 5.08. The Morgan fingerprint density at radius 3 is 2.19 bits per heavy atom. The lowest BCUT2D eigenvalue weighted by Crippen LogP contribution is -2.35. The van der Waals surface area contributed by atoms with Gasteiger partial charge in [0.2, 0.25) is 6.54 Å². The lowest BCUT2D eigenvalue weighted by Gasteiger charge is -2.19. The first-order valence-corrected chi connectivity index (χ1v) is 6.67. The van der Waals surface area contributed by atoms with E-state index in [0.717, 1.165) is 25.6 Å². The number of hydrogen-bond donors (Lipinski definition) is 0. The van der Waals surface area contributed by atoms with Crippen LogP contribution < -0.4 is 4.74 Å². The van der Waals surface area contributed by atoms with Gasteiger partial charge in [-0.25, -0.2) is 0 Å². The number of thiophene rings is 1. The molecule has 0 fully saturated rings. The molecule has 9 heteroatoms. The van der Waals surface area contributed by atoms with Crippen LogP contribution in [0.4, 0.5) is 0 Å². The number of carbonyl (C=O) groups is 2. The topological polar surface area (TPSA) is 105 Å². The molecule has 0 aliphatic rings. The quantitative estimate of drug-likeness (QED) is 0.320. The molecule has 1 aromatic rings. The molecule has 0 saturated heterocycles. The zero-order valence-corrected chi connectivity index (χ0v) is 12.5. The zero-order valence-electron chi connectivity index (χ0n) is 11.7. The second kappa shape index (κ2) is 7.58. The molecule has 0 aliphatic carbocycles. The first kappa shape index (κ1) is 16.9. The highest BCUT2D eigenvalue weighted by atomic mass is 32.1. The van der Waals surface area contributed by atoms with Gasteiger partial charge in [0, 0.05) is 9.80 Å². The molecule has 1 heterocycles. The molecule has 0 saturated carbocycles. The van der Waals surface area contributed by atoms with E-state index in [9.17, 15) is 19.7 Å². The van der Waals surface area contributed by atoms with Crippen LogP contribution in [0.2, 0.25) is 0 Å². The smallest absolute Gasteiger partial charge is 0.320 e. The first-order valence-electron chi connectivity index (χ1n) is 5.85. The van der Waals surface area contributed by atoms with Crippen LogP contribution in [0.3, 0.4) is 0 Å². The Kier molecular flexibility index (Phi) is 6.10. The Morgan fingerprint density at radius 1 is 1.24 bits per heavy atom. The van der Waals surface area contributed by atoms with Gasteiger partial charge in [0.25, 0.3) is 0 Å². The summed E-state index contributed by atoms with van der Waals surface area (Å²) in [6.45, 7) is -0.599. The maximum absolute atomic E-state index is 11.8. The Hall–Kier alpha value is -2.16. The van der Waals surface area contributed by atoms with Crippen molar-refractivity contribution in [2.45, 2.75) is 5.92 Å². The van der Waals surface area contributed by atoms with Gasteiger partial charge in [0.05, 0.1) is 27.2 Å². The van der Waals surface area contributed by atoms with Crippen molar-refractivity contribution < 1.29 is 28.7 Å². The minimum absolute atomic E-state index is 0.476. The maximum Gasteiger partial charge on any atom is 0.320 e. The van der Waals surface area contributed by atoms with Crippen molar-refractivity contribution in [3.8, 4) is 5.06 Å². The SMILES string of the molecule is COC(=O)C(C(=O)OC)[C@H](C[N+](=O)[O-])c1ccc(OC)s1. The monoisotopic (exact) mass is 317 g/mol. The molecule has 0 radical (unpaired) electrons. The lowest BCUT2D eigenvalue weighted by molar-refractivity contribution is -0.484. The van der Waals surface area contributed by atoms with Crippen LogP contribution in [0.1, 0.15) is 10.8 Å². The van der Waals surface area contributed by atoms with Gasteiger partial charge in [0.15, 0.2) is 11.0 Å².